The number of anilines is 1. The van der Waals surface area contributed by atoms with Gasteiger partial charge >= 0.3 is 0 Å². The minimum absolute atomic E-state index is 0.442. The van der Waals surface area contributed by atoms with E-state index in [9.17, 15) is 0 Å². The highest BCUT2D eigenvalue weighted by Gasteiger charge is 2.07. The molecule has 1 aromatic heterocycles. The summed E-state index contributed by atoms with van der Waals surface area (Å²) in [6, 6.07) is 16.0. The molecule has 1 heterocycles. The Hall–Kier alpha value is -2.39. The fourth-order valence-corrected chi connectivity index (χ4v) is 2.35. The molecule has 0 amide bonds. The number of pyridine rings is 1. The van der Waals surface area contributed by atoms with Crippen molar-refractivity contribution in [1.82, 2.24) is 4.98 Å². The zero-order chi connectivity index (χ0) is 13.2. The van der Waals surface area contributed by atoms with Gasteiger partial charge in [0.15, 0.2) is 0 Å². The number of hydrogen-bond acceptors (Lipinski definition) is 3. The van der Waals surface area contributed by atoms with Gasteiger partial charge in [0, 0.05) is 29.4 Å². The lowest BCUT2D eigenvalue weighted by Gasteiger charge is -2.10. The Kier molecular flexibility index (Phi) is 2.89. The first kappa shape index (κ1) is 11.7. The number of aromatic nitrogens is 1. The first-order valence-corrected chi connectivity index (χ1v) is 6.22. The van der Waals surface area contributed by atoms with Crippen molar-refractivity contribution in [1.29, 1.82) is 0 Å². The molecule has 0 spiro atoms. The van der Waals surface area contributed by atoms with Gasteiger partial charge in [0.2, 0.25) is 0 Å². The molecular formula is C16H15N3. The Morgan fingerprint density at radius 2 is 1.74 bits per heavy atom. The molecule has 0 aliphatic heterocycles. The second-order valence-corrected chi connectivity index (χ2v) is 4.49. The summed E-state index contributed by atoms with van der Waals surface area (Å²) in [5.41, 5.74) is 15.4. The monoisotopic (exact) mass is 249 g/mol. The van der Waals surface area contributed by atoms with Crippen molar-refractivity contribution in [3.8, 4) is 11.1 Å². The molecule has 0 aliphatic rings. The van der Waals surface area contributed by atoms with Crippen LogP contribution in [0.2, 0.25) is 0 Å². The molecule has 0 aliphatic carbocycles. The first-order valence-electron chi connectivity index (χ1n) is 6.22. The first-order chi connectivity index (χ1) is 9.29. The minimum Gasteiger partial charge on any atom is -0.399 e. The number of nitrogens with two attached hydrogens (primary N) is 2. The molecule has 0 saturated carbocycles. The van der Waals surface area contributed by atoms with Crippen LogP contribution in [0, 0.1) is 0 Å². The van der Waals surface area contributed by atoms with Crippen LogP contribution in [0.5, 0.6) is 0 Å². The predicted molar refractivity (Wildman–Crippen MR) is 79.5 cm³/mol. The Morgan fingerprint density at radius 1 is 0.947 bits per heavy atom. The summed E-state index contributed by atoms with van der Waals surface area (Å²) in [4.78, 5) is 4.47. The van der Waals surface area contributed by atoms with E-state index in [-0.39, 0.29) is 0 Å². The van der Waals surface area contributed by atoms with E-state index in [0.29, 0.717) is 6.54 Å². The molecule has 94 valence electrons. The number of nitrogens with zero attached hydrogens (tertiary/aromatic N) is 1. The van der Waals surface area contributed by atoms with Gasteiger partial charge in [-0.1, -0.05) is 36.4 Å². The lowest BCUT2D eigenvalue weighted by Crippen LogP contribution is -2.01. The Morgan fingerprint density at radius 3 is 2.47 bits per heavy atom. The SMILES string of the molecule is NCc1ncc(-c2cccc(N)c2)c2ccccc12. The Balaban J connectivity index is 2.31. The van der Waals surface area contributed by atoms with Crippen molar-refractivity contribution in [3.63, 3.8) is 0 Å². The van der Waals surface area contributed by atoms with Crippen LogP contribution in [0.4, 0.5) is 5.69 Å². The van der Waals surface area contributed by atoms with Crippen LogP contribution >= 0.6 is 0 Å². The van der Waals surface area contributed by atoms with Crippen molar-refractivity contribution in [2.45, 2.75) is 6.54 Å². The zero-order valence-corrected chi connectivity index (χ0v) is 10.5. The maximum atomic E-state index is 5.86. The summed E-state index contributed by atoms with van der Waals surface area (Å²) in [6.07, 6.45) is 1.87. The smallest absolute Gasteiger partial charge is 0.0618 e. The number of rotatable bonds is 2. The number of hydrogen-bond donors (Lipinski definition) is 2. The van der Waals surface area contributed by atoms with E-state index in [1.54, 1.807) is 0 Å². The van der Waals surface area contributed by atoms with Crippen molar-refractivity contribution in [2.75, 3.05) is 5.73 Å². The fraction of sp³-hybridized carbons (Fsp3) is 0.0625. The quantitative estimate of drug-likeness (QED) is 0.686. The molecule has 0 unspecified atom stereocenters. The maximum absolute atomic E-state index is 5.86. The van der Waals surface area contributed by atoms with Crippen molar-refractivity contribution in [2.24, 2.45) is 5.73 Å². The van der Waals surface area contributed by atoms with Gasteiger partial charge in [0.25, 0.3) is 0 Å². The highest BCUT2D eigenvalue weighted by Crippen LogP contribution is 2.30. The van der Waals surface area contributed by atoms with Gasteiger partial charge < -0.3 is 11.5 Å². The highest BCUT2D eigenvalue weighted by molar-refractivity contribution is 5.97. The third kappa shape index (κ3) is 2.04. The van der Waals surface area contributed by atoms with Gasteiger partial charge in [-0.3, -0.25) is 4.98 Å². The summed E-state index contributed by atoms with van der Waals surface area (Å²) >= 11 is 0. The summed E-state index contributed by atoms with van der Waals surface area (Å²) in [7, 11) is 0. The molecule has 0 radical (unpaired) electrons. The molecule has 0 atom stereocenters. The molecule has 3 aromatic rings. The molecule has 19 heavy (non-hydrogen) atoms. The number of fused-ring (bicyclic) bond motifs is 1. The van der Waals surface area contributed by atoms with E-state index in [4.69, 9.17) is 11.5 Å². The fourth-order valence-electron chi connectivity index (χ4n) is 2.35. The largest absolute Gasteiger partial charge is 0.399 e. The summed E-state index contributed by atoms with van der Waals surface area (Å²) in [5, 5.41) is 2.26. The van der Waals surface area contributed by atoms with Crippen LogP contribution in [0.3, 0.4) is 0 Å². The van der Waals surface area contributed by atoms with Gasteiger partial charge in [0.05, 0.1) is 5.69 Å². The lowest BCUT2D eigenvalue weighted by molar-refractivity contribution is 1.01. The lowest BCUT2D eigenvalue weighted by atomic mass is 9.99. The van der Waals surface area contributed by atoms with Crippen LogP contribution in [0.1, 0.15) is 5.69 Å². The molecule has 4 N–H and O–H groups in total. The second kappa shape index (κ2) is 4.71. The van der Waals surface area contributed by atoms with E-state index < -0.39 is 0 Å². The Labute approximate surface area is 111 Å². The maximum Gasteiger partial charge on any atom is 0.0618 e. The van der Waals surface area contributed by atoms with E-state index >= 15 is 0 Å². The van der Waals surface area contributed by atoms with Crippen LogP contribution in [0.15, 0.2) is 54.7 Å². The van der Waals surface area contributed by atoms with Crippen LogP contribution in [0.25, 0.3) is 21.9 Å². The van der Waals surface area contributed by atoms with E-state index in [2.05, 4.69) is 17.1 Å². The summed E-state index contributed by atoms with van der Waals surface area (Å²) in [6.45, 7) is 0.442. The summed E-state index contributed by atoms with van der Waals surface area (Å²) < 4.78 is 0. The predicted octanol–water partition coefficient (Wildman–Crippen LogP) is 2.94. The van der Waals surface area contributed by atoms with Crippen LogP contribution in [-0.2, 0) is 6.54 Å². The van der Waals surface area contributed by atoms with Crippen molar-refractivity contribution >= 4 is 16.5 Å². The van der Waals surface area contributed by atoms with E-state index in [1.807, 2.05) is 42.6 Å². The van der Waals surface area contributed by atoms with Crippen molar-refractivity contribution < 1.29 is 0 Å². The van der Waals surface area contributed by atoms with Gasteiger partial charge in [-0.2, -0.15) is 0 Å². The molecule has 3 rings (SSSR count). The standard InChI is InChI=1S/C16H15N3/c17-9-16-14-7-2-1-6-13(14)15(10-19-16)11-4-3-5-12(18)8-11/h1-8,10H,9,17-18H2. The molecule has 0 saturated heterocycles. The molecule has 3 nitrogen and oxygen atoms in total. The van der Waals surface area contributed by atoms with Gasteiger partial charge in [-0.05, 0) is 23.1 Å². The third-order valence-electron chi connectivity index (χ3n) is 3.27. The Bertz CT molecular complexity index is 735. The number of nitrogen functional groups attached to an aromatic ring is 1. The van der Waals surface area contributed by atoms with Crippen molar-refractivity contribution in [3.05, 3.63) is 60.4 Å². The zero-order valence-electron chi connectivity index (χ0n) is 10.5. The molecule has 3 heteroatoms. The van der Waals surface area contributed by atoms with Gasteiger partial charge in [0.1, 0.15) is 0 Å². The van der Waals surface area contributed by atoms with Gasteiger partial charge in [-0.15, -0.1) is 0 Å². The average molecular weight is 249 g/mol. The van der Waals surface area contributed by atoms with Crippen LogP contribution in [-0.4, -0.2) is 4.98 Å². The second-order valence-electron chi connectivity index (χ2n) is 4.49. The topological polar surface area (TPSA) is 64.9 Å². The van der Waals surface area contributed by atoms with E-state index in [0.717, 1.165) is 33.3 Å². The van der Waals surface area contributed by atoms with Crippen LogP contribution < -0.4 is 11.5 Å². The normalized spacial score (nSPS) is 10.8. The third-order valence-corrected chi connectivity index (χ3v) is 3.27. The molecule has 0 fully saturated rings. The van der Waals surface area contributed by atoms with Gasteiger partial charge in [-0.25, -0.2) is 0 Å². The molecule has 0 bridgehead atoms. The number of benzene rings is 2. The highest BCUT2D eigenvalue weighted by atomic mass is 14.7. The summed E-state index contributed by atoms with van der Waals surface area (Å²) in [5.74, 6) is 0. The molecular weight excluding hydrogens is 234 g/mol. The van der Waals surface area contributed by atoms with E-state index in [1.165, 1.54) is 0 Å². The molecule has 2 aromatic carbocycles. The minimum atomic E-state index is 0.442. The average Bonchev–Trinajstić information content (AvgIpc) is 2.46.